The quantitative estimate of drug-likeness (QED) is 0.585. The van der Waals surface area contributed by atoms with Gasteiger partial charge in [-0.3, -0.25) is 0 Å². The zero-order chi connectivity index (χ0) is 17.5. The molecule has 6 heteroatoms. The SMILES string of the molecule is COc1ccc(NC(=S)NCCCN2C[C@H](C)C[C@H](C)C2)cc1Cl. The van der Waals surface area contributed by atoms with Crippen molar-refractivity contribution in [3.05, 3.63) is 23.2 Å². The van der Waals surface area contributed by atoms with Gasteiger partial charge in [-0.15, -0.1) is 0 Å². The molecule has 1 aliphatic rings. The first-order valence-electron chi connectivity index (χ1n) is 8.58. The van der Waals surface area contributed by atoms with Gasteiger partial charge in [0.2, 0.25) is 0 Å². The highest BCUT2D eigenvalue weighted by atomic mass is 35.5. The van der Waals surface area contributed by atoms with E-state index in [1.54, 1.807) is 7.11 Å². The zero-order valence-corrected chi connectivity index (χ0v) is 16.3. The number of hydrogen-bond acceptors (Lipinski definition) is 3. The van der Waals surface area contributed by atoms with E-state index >= 15 is 0 Å². The Morgan fingerprint density at radius 1 is 1.33 bits per heavy atom. The molecule has 0 aliphatic carbocycles. The van der Waals surface area contributed by atoms with Crippen LogP contribution >= 0.6 is 23.8 Å². The van der Waals surface area contributed by atoms with Crippen LogP contribution in [-0.2, 0) is 0 Å². The second kappa shape index (κ2) is 9.44. The van der Waals surface area contributed by atoms with E-state index < -0.39 is 0 Å². The lowest BCUT2D eigenvalue weighted by Gasteiger charge is -2.35. The minimum Gasteiger partial charge on any atom is -0.495 e. The van der Waals surface area contributed by atoms with Crippen LogP contribution in [-0.4, -0.2) is 43.3 Å². The van der Waals surface area contributed by atoms with Crippen molar-refractivity contribution in [2.24, 2.45) is 11.8 Å². The van der Waals surface area contributed by atoms with Gasteiger partial charge in [0.15, 0.2) is 5.11 Å². The van der Waals surface area contributed by atoms with Crippen molar-refractivity contribution in [2.75, 3.05) is 38.6 Å². The van der Waals surface area contributed by atoms with E-state index in [1.165, 1.54) is 19.5 Å². The normalized spacial score (nSPS) is 21.3. The van der Waals surface area contributed by atoms with Crippen molar-refractivity contribution >= 4 is 34.6 Å². The number of rotatable bonds is 6. The summed E-state index contributed by atoms with van der Waals surface area (Å²) in [6, 6.07) is 5.53. The number of piperidine rings is 1. The Kier molecular flexibility index (Phi) is 7.59. The lowest BCUT2D eigenvalue weighted by Crippen LogP contribution is -2.40. The maximum Gasteiger partial charge on any atom is 0.170 e. The third-order valence-corrected chi connectivity index (χ3v) is 4.83. The summed E-state index contributed by atoms with van der Waals surface area (Å²) in [5, 5.41) is 7.60. The number of ether oxygens (including phenoxy) is 1. The van der Waals surface area contributed by atoms with Crippen LogP contribution in [0.5, 0.6) is 5.75 Å². The molecule has 0 radical (unpaired) electrons. The summed E-state index contributed by atoms with van der Waals surface area (Å²) in [5.74, 6) is 2.28. The Morgan fingerprint density at radius 3 is 2.67 bits per heavy atom. The maximum atomic E-state index is 6.12. The van der Waals surface area contributed by atoms with Crippen LogP contribution in [0.2, 0.25) is 5.02 Å². The molecule has 1 fully saturated rings. The van der Waals surface area contributed by atoms with Crippen LogP contribution in [0.15, 0.2) is 18.2 Å². The molecule has 1 aromatic carbocycles. The number of halogens is 1. The number of benzene rings is 1. The molecule has 4 nitrogen and oxygen atoms in total. The molecule has 2 rings (SSSR count). The zero-order valence-electron chi connectivity index (χ0n) is 14.8. The lowest BCUT2D eigenvalue weighted by molar-refractivity contribution is 0.140. The van der Waals surface area contributed by atoms with Gasteiger partial charge >= 0.3 is 0 Å². The molecule has 0 amide bonds. The van der Waals surface area contributed by atoms with Gasteiger partial charge in [0.05, 0.1) is 12.1 Å². The predicted molar refractivity (Wildman–Crippen MR) is 106 cm³/mol. The second-order valence-electron chi connectivity index (χ2n) is 6.79. The molecule has 1 heterocycles. The topological polar surface area (TPSA) is 36.5 Å². The first kappa shape index (κ1) is 19.3. The van der Waals surface area contributed by atoms with Crippen LogP contribution in [0.25, 0.3) is 0 Å². The summed E-state index contributed by atoms with van der Waals surface area (Å²) in [6.45, 7) is 9.13. The van der Waals surface area contributed by atoms with Crippen LogP contribution in [0.4, 0.5) is 5.69 Å². The number of thiocarbonyl (C=S) groups is 1. The van der Waals surface area contributed by atoms with Gasteiger partial charge in [-0.25, -0.2) is 0 Å². The molecule has 0 aromatic heterocycles. The van der Waals surface area contributed by atoms with E-state index in [9.17, 15) is 0 Å². The van der Waals surface area contributed by atoms with Crippen molar-refractivity contribution in [1.82, 2.24) is 10.2 Å². The Bertz CT molecular complexity index is 545. The summed E-state index contributed by atoms with van der Waals surface area (Å²) in [5.41, 5.74) is 0.858. The minimum absolute atomic E-state index is 0.568. The largest absolute Gasteiger partial charge is 0.495 e. The Balaban J connectivity index is 1.67. The van der Waals surface area contributed by atoms with Crippen LogP contribution in [0.3, 0.4) is 0 Å². The summed E-state index contributed by atoms with van der Waals surface area (Å²) in [7, 11) is 1.60. The number of hydrogen-bond donors (Lipinski definition) is 2. The fourth-order valence-electron chi connectivity index (χ4n) is 3.40. The number of anilines is 1. The summed E-state index contributed by atoms with van der Waals surface area (Å²) in [6.07, 6.45) is 2.44. The average Bonchev–Trinajstić information content (AvgIpc) is 2.51. The molecule has 2 atom stereocenters. The van der Waals surface area contributed by atoms with Gasteiger partial charge < -0.3 is 20.3 Å². The minimum atomic E-state index is 0.568. The Hall–Kier alpha value is -1.04. The molecule has 0 saturated carbocycles. The molecule has 0 spiro atoms. The predicted octanol–water partition coefficient (Wildman–Crippen LogP) is 4.00. The summed E-state index contributed by atoms with van der Waals surface area (Å²) < 4.78 is 5.14. The van der Waals surface area contributed by atoms with E-state index in [4.69, 9.17) is 28.6 Å². The van der Waals surface area contributed by atoms with Gasteiger partial charge in [0, 0.05) is 25.3 Å². The monoisotopic (exact) mass is 369 g/mol. The van der Waals surface area contributed by atoms with E-state index in [-0.39, 0.29) is 0 Å². The Morgan fingerprint density at radius 2 is 2.04 bits per heavy atom. The molecule has 0 unspecified atom stereocenters. The highest BCUT2D eigenvalue weighted by Crippen LogP contribution is 2.27. The van der Waals surface area contributed by atoms with E-state index in [2.05, 4.69) is 29.4 Å². The molecule has 2 N–H and O–H groups in total. The molecule has 1 aromatic rings. The smallest absolute Gasteiger partial charge is 0.170 e. The average molecular weight is 370 g/mol. The lowest BCUT2D eigenvalue weighted by atomic mass is 9.92. The van der Waals surface area contributed by atoms with E-state index in [1.807, 2.05) is 18.2 Å². The van der Waals surface area contributed by atoms with Crippen molar-refractivity contribution in [3.8, 4) is 5.75 Å². The van der Waals surface area contributed by atoms with Crippen molar-refractivity contribution in [2.45, 2.75) is 26.7 Å². The van der Waals surface area contributed by atoms with Crippen molar-refractivity contribution in [3.63, 3.8) is 0 Å². The van der Waals surface area contributed by atoms with Crippen LogP contribution in [0, 0.1) is 11.8 Å². The number of nitrogens with one attached hydrogen (secondary N) is 2. The van der Waals surface area contributed by atoms with Crippen molar-refractivity contribution in [1.29, 1.82) is 0 Å². The molecular formula is C18H28ClN3OS. The summed E-state index contributed by atoms with van der Waals surface area (Å²) in [4.78, 5) is 2.57. The molecule has 1 saturated heterocycles. The third kappa shape index (κ3) is 6.11. The number of likely N-dealkylation sites (tertiary alicyclic amines) is 1. The third-order valence-electron chi connectivity index (χ3n) is 4.29. The Labute approximate surface area is 155 Å². The molecule has 1 aliphatic heterocycles. The molecular weight excluding hydrogens is 342 g/mol. The van der Waals surface area contributed by atoms with E-state index in [0.29, 0.717) is 15.9 Å². The molecule has 134 valence electrons. The molecule has 0 bridgehead atoms. The standard InChI is InChI=1S/C18H28ClN3OS/c1-13-9-14(2)12-22(11-13)8-4-7-20-18(24)21-15-5-6-17(23-3)16(19)10-15/h5-6,10,13-14H,4,7-9,11-12H2,1-3H3,(H2,20,21,24)/t13-,14+. The number of nitrogens with zero attached hydrogens (tertiary/aromatic N) is 1. The van der Waals surface area contributed by atoms with Gasteiger partial charge in [0.25, 0.3) is 0 Å². The van der Waals surface area contributed by atoms with Crippen LogP contribution < -0.4 is 15.4 Å². The van der Waals surface area contributed by atoms with Crippen molar-refractivity contribution < 1.29 is 4.74 Å². The first-order chi connectivity index (χ1) is 11.5. The fraction of sp³-hybridized carbons (Fsp3) is 0.611. The highest BCUT2D eigenvalue weighted by molar-refractivity contribution is 7.80. The molecule has 24 heavy (non-hydrogen) atoms. The highest BCUT2D eigenvalue weighted by Gasteiger charge is 2.20. The first-order valence-corrected chi connectivity index (χ1v) is 9.37. The van der Waals surface area contributed by atoms with Crippen LogP contribution in [0.1, 0.15) is 26.7 Å². The summed E-state index contributed by atoms with van der Waals surface area (Å²) >= 11 is 11.5. The van der Waals surface area contributed by atoms with Gasteiger partial charge in [-0.05, 0) is 61.6 Å². The van der Waals surface area contributed by atoms with Gasteiger partial charge in [0.1, 0.15) is 5.75 Å². The van der Waals surface area contributed by atoms with Gasteiger partial charge in [-0.2, -0.15) is 0 Å². The maximum absolute atomic E-state index is 6.12. The number of methoxy groups -OCH3 is 1. The fourth-order valence-corrected chi connectivity index (χ4v) is 3.88. The van der Waals surface area contributed by atoms with Gasteiger partial charge in [-0.1, -0.05) is 25.4 Å². The van der Waals surface area contributed by atoms with E-state index in [0.717, 1.165) is 37.0 Å². The second-order valence-corrected chi connectivity index (χ2v) is 7.60.